The van der Waals surface area contributed by atoms with E-state index in [9.17, 15) is 4.79 Å². The van der Waals surface area contributed by atoms with Crippen LogP contribution in [0.15, 0.2) is 24.5 Å². The number of carbonyl (C=O) groups is 1. The fourth-order valence-corrected chi connectivity index (χ4v) is 2.41. The summed E-state index contributed by atoms with van der Waals surface area (Å²) in [6.45, 7) is 2.45. The van der Waals surface area contributed by atoms with Crippen molar-refractivity contribution in [3.05, 3.63) is 40.1 Å². The van der Waals surface area contributed by atoms with Gasteiger partial charge in [0.25, 0.3) is 5.91 Å². The van der Waals surface area contributed by atoms with Crippen LogP contribution >= 0.6 is 11.3 Å². The van der Waals surface area contributed by atoms with Gasteiger partial charge in [-0.3, -0.25) is 4.79 Å². The molecule has 0 atom stereocenters. The van der Waals surface area contributed by atoms with Crippen LogP contribution in [-0.2, 0) is 6.54 Å². The second-order valence-corrected chi connectivity index (χ2v) is 5.27. The lowest BCUT2D eigenvalue weighted by Crippen LogP contribution is -2.27. The molecule has 2 heterocycles. The van der Waals surface area contributed by atoms with Crippen LogP contribution in [0.3, 0.4) is 0 Å². The lowest BCUT2D eigenvalue weighted by molar-refractivity contribution is 0.0782. The zero-order valence-electron chi connectivity index (χ0n) is 10.3. The minimum Gasteiger partial charge on any atom is -0.397 e. The van der Waals surface area contributed by atoms with E-state index in [1.54, 1.807) is 47.8 Å². The monoisotopic (exact) mass is 262 g/mol. The Morgan fingerprint density at radius 2 is 2.28 bits per heavy atom. The summed E-state index contributed by atoms with van der Waals surface area (Å²) in [6, 6.07) is 3.38. The van der Waals surface area contributed by atoms with Gasteiger partial charge < -0.3 is 10.6 Å². The van der Waals surface area contributed by atoms with Crippen molar-refractivity contribution in [3.8, 4) is 0 Å². The summed E-state index contributed by atoms with van der Waals surface area (Å²) in [6.07, 6.45) is 3.35. The maximum Gasteiger partial charge on any atom is 0.274 e. The van der Waals surface area contributed by atoms with Crippen molar-refractivity contribution in [1.82, 2.24) is 14.9 Å². The highest BCUT2D eigenvalue weighted by Crippen LogP contribution is 2.16. The molecule has 94 valence electrons. The van der Waals surface area contributed by atoms with Gasteiger partial charge >= 0.3 is 0 Å². The highest BCUT2D eigenvalue weighted by atomic mass is 32.1. The minimum atomic E-state index is -0.181. The predicted molar refractivity (Wildman–Crippen MR) is 71.3 cm³/mol. The van der Waals surface area contributed by atoms with Crippen LogP contribution in [0.25, 0.3) is 0 Å². The van der Waals surface area contributed by atoms with Gasteiger partial charge in [0.1, 0.15) is 0 Å². The number of thiazole rings is 1. The molecule has 0 aliphatic carbocycles. The molecule has 2 aromatic rings. The van der Waals surface area contributed by atoms with Crippen molar-refractivity contribution < 1.29 is 4.79 Å². The van der Waals surface area contributed by atoms with Gasteiger partial charge in [0.2, 0.25) is 0 Å². The molecule has 2 N–H and O–H groups in total. The molecule has 2 rings (SSSR count). The number of hydrogen-bond acceptors (Lipinski definition) is 5. The Balaban J connectivity index is 2.12. The molecule has 1 amide bonds. The Bertz CT molecular complexity index is 567. The number of rotatable bonds is 3. The number of pyridine rings is 1. The minimum absolute atomic E-state index is 0.181. The number of nitrogen functional groups attached to an aromatic ring is 1. The van der Waals surface area contributed by atoms with Crippen LogP contribution in [0, 0.1) is 6.92 Å². The quantitative estimate of drug-likeness (QED) is 0.913. The second-order valence-electron chi connectivity index (χ2n) is 3.95. The van der Waals surface area contributed by atoms with Crippen LogP contribution in [0.4, 0.5) is 5.69 Å². The number of carbonyl (C=O) groups excluding carboxylic acids is 1. The van der Waals surface area contributed by atoms with Crippen LogP contribution in [0.2, 0.25) is 0 Å². The van der Waals surface area contributed by atoms with Gasteiger partial charge in [0, 0.05) is 24.3 Å². The van der Waals surface area contributed by atoms with E-state index < -0.39 is 0 Å². The van der Waals surface area contributed by atoms with E-state index in [0.717, 1.165) is 9.88 Å². The van der Waals surface area contributed by atoms with Crippen molar-refractivity contribution >= 4 is 22.9 Å². The normalized spacial score (nSPS) is 10.3. The van der Waals surface area contributed by atoms with Crippen LogP contribution in [0.1, 0.15) is 20.4 Å². The number of hydrogen-bond donors (Lipinski definition) is 1. The molecule has 0 saturated carbocycles. The molecule has 2 aromatic heterocycles. The summed E-state index contributed by atoms with van der Waals surface area (Å²) in [5.41, 5.74) is 6.43. The lowest BCUT2D eigenvalue weighted by atomic mass is 10.2. The van der Waals surface area contributed by atoms with E-state index in [-0.39, 0.29) is 5.91 Å². The molecule has 6 heteroatoms. The number of nitrogens with zero attached hydrogens (tertiary/aromatic N) is 3. The number of nitrogens with two attached hydrogens (primary N) is 1. The number of aryl methyl sites for hydroxylation is 1. The first-order valence-corrected chi connectivity index (χ1v) is 6.27. The van der Waals surface area contributed by atoms with E-state index >= 15 is 0 Å². The van der Waals surface area contributed by atoms with Gasteiger partial charge in [-0.2, -0.15) is 0 Å². The second kappa shape index (κ2) is 5.14. The smallest absolute Gasteiger partial charge is 0.274 e. The highest BCUT2D eigenvalue weighted by Gasteiger charge is 2.16. The molecular formula is C12H14N4OS. The van der Waals surface area contributed by atoms with Crippen LogP contribution < -0.4 is 5.73 Å². The summed E-state index contributed by atoms with van der Waals surface area (Å²) in [7, 11) is 1.73. The fourth-order valence-electron chi connectivity index (χ4n) is 1.56. The Morgan fingerprint density at radius 1 is 1.50 bits per heavy atom. The first kappa shape index (κ1) is 12.5. The third-order valence-electron chi connectivity index (χ3n) is 2.45. The maximum atomic E-state index is 12.1. The molecule has 5 nitrogen and oxygen atoms in total. The largest absolute Gasteiger partial charge is 0.397 e. The Labute approximate surface area is 109 Å². The maximum absolute atomic E-state index is 12.1. The van der Waals surface area contributed by atoms with E-state index in [2.05, 4.69) is 9.97 Å². The van der Waals surface area contributed by atoms with Crippen molar-refractivity contribution in [3.63, 3.8) is 0 Å². The van der Waals surface area contributed by atoms with Gasteiger partial charge in [0.05, 0.1) is 17.2 Å². The average Bonchev–Trinajstić information content (AvgIpc) is 2.74. The molecule has 0 aliphatic rings. The first-order valence-electron chi connectivity index (χ1n) is 5.45. The van der Waals surface area contributed by atoms with Crippen LogP contribution in [-0.4, -0.2) is 27.8 Å². The molecule has 0 unspecified atom stereocenters. The number of anilines is 1. The van der Waals surface area contributed by atoms with Crippen molar-refractivity contribution in [2.45, 2.75) is 13.5 Å². The van der Waals surface area contributed by atoms with E-state index in [1.807, 2.05) is 6.92 Å². The van der Waals surface area contributed by atoms with Gasteiger partial charge in [0.15, 0.2) is 5.69 Å². The topological polar surface area (TPSA) is 72.1 Å². The number of amides is 1. The zero-order chi connectivity index (χ0) is 13.1. The van der Waals surface area contributed by atoms with Gasteiger partial charge in [-0.1, -0.05) is 0 Å². The average molecular weight is 262 g/mol. The molecule has 0 bridgehead atoms. The molecule has 18 heavy (non-hydrogen) atoms. The summed E-state index contributed by atoms with van der Waals surface area (Å²) in [5, 5.41) is 0.989. The molecule has 0 radical (unpaired) electrons. The summed E-state index contributed by atoms with van der Waals surface area (Å²) >= 11 is 1.58. The van der Waals surface area contributed by atoms with E-state index in [1.165, 1.54) is 0 Å². The molecule has 0 spiro atoms. The van der Waals surface area contributed by atoms with Crippen molar-refractivity contribution in [1.29, 1.82) is 0 Å². The highest BCUT2D eigenvalue weighted by molar-refractivity contribution is 7.11. The van der Waals surface area contributed by atoms with Crippen molar-refractivity contribution in [2.75, 3.05) is 12.8 Å². The molecular weight excluding hydrogens is 248 g/mol. The third-order valence-corrected chi connectivity index (χ3v) is 3.35. The molecule has 0 saturated heterocycles. The third kappa shape index (κ3) is 2.65. The Hall–Kier alpha value is -1.95. The number of aromatic nitrogens is 2. The summed E-state index contributed by atoms with van der Waals surface area (Å²) in [5.74, 6) is -0.181. The van der Waals surface area contributed by atoms with Crippen molar-refractivity contribution in [2.24, 2.45) is 0 Å². The molecule has 0 aromatic carbocycles. The zero-order valence-corrected chi connectivity index (χ0v) is 11.1. The lowest BCUT2D eigenvalue weighted by Gasteiger charge is -2.16. The van der Waals surface area contributed by atoms with E-state index in [4.69, 9.17) is 5.73 Å². The SMILES string of the molecule is Cc1ncc(CN(C)C(=O)c2ncccc2N)s1. The van der Waals surface area contributed by atoms with Gasteiger partial charge in [-0.15, -0.1) is 11.3 Å². The Morgan fingerprint density at radius 3 is 2.89 bits per heavy atom. The first-order chi connectivity index (χ1) is 8.58. The molecule has 0 aliphatic heterocycles. The molecule has 0 fully saturated rings. The standard InChI is InChI=1S/C12H14N4OS/c1-8-15-6-9(18-8)7-16(2)12(17)11-10(13)4-3-5-14-11/h3-6H,7,13H2,1-2H3. The van der Waals surface area contributed by atoms with E-state index in [0.29, 0.717) is 17.9 Å². The summed E-state index contributed by atoms with van der Waals surface area (Å²) in [4.78, 5) is 23.0. The van der Waals surface area contributed by atoms with Gasteiger partial charge in [-0.05, 0) is 19.1 Å². The Kier molecular flexibility index (Phi) is 3.57. The predicted octanol–water partition coefficient (Wildman–Crippen LogP) is 1.70. The fraction of sp³-hybridized carbons (Fsp3) is 0.250. The van der Waals surface area contributed by atoms with Gasteiger partial charge in [-0.25, -0.2) is 9.97 Å². The van der Waals surface area contributed by atoms with Crippen LogP contribution in [0.5, 0.6) is 0 Å². The summed E-state index contributed by atoms with van der Waals surface area (Å²) < 4.78 is 0.